The molecular weight excluding hydrogens is 233 g/mol. The van der Waals surface area contributed by atoms with Gasteiger partial charge in [0.25, 0.3) is 0 Å². The van der Waals surface area contributed by atoms with Crippen LogP contribution in [0.4, 0.5) is 22.0 Å². The van der Waals surface area contributed by atoms with Crippen molar-refractivity contribution >= 4 is 5.78 Å². The number of allylic oxidation sites excluding steroid dienone is 2. The fraction of sp³-hybridized carbons (Fsp3) is 0.667. The maximum atomic E-state index is 12.5. The first-order valence-electron chi connectivity index (χ1n) is 4.42. The fourth-order valence-corrected chi connectivity index (χ4v) is 0.924. The molecule has 0 aromatic carbocycles. The smallest absolute Gasteiger partial charge is 0.386 e. The van der Waals surface area contributed by atoms with Crippen LogP contribution >= 0.6 is 0 Å². The number of rotatable bonds is 4. The van der Waals surface area contributed by atoms with Crippen LogP contribution in [0.2, 0.25) is 0 Å². The highest BCUT2D eigenvalue weighted by Crippen LogP contribution is 2.36. The summed E-state index contributed by atoms with van der Waals surface area (Å²) in [6.45, 7) is 4.55. The van der Waals surface area contributed by atoms with Gasteiger partial charge in [0, 0.05) is 17.8 Å². The lowest BCUT2D eigenvalue weighted by atomic mass is 10.2. The van der Waals surface area contributed by atoms with E-state index in [0.717, 1.165) is 0 Å². The molecule has 0 radical (unpaired) electrons. The van der Waals surface area contributed by atoms with E-state index in [1.807, 2.05) is 0 Å². The second-order valence-corrected chi connectivity index (χ2v) is 3.56. The number of nitrogens with one attached hydrogen (secondary N) is 1. The highest BCUT2D eigenvalue weighted by Gasteiger charge is 2.62. The summed E-state index contributed by atoms with van der Waals surface area (Å²) in [7, 11) is 0. The third kappa shape index (κ3) is 3.79. The zero-order valence-electron chi connectivity index (χ0n) is 8.95. The molecule has 0 heterocycles. The first-order chi connectivity index (χ1) is 6.98. The average molecular weight is 245 g/mol. The van der Waals surface area contributed by atoms with Gasteiger partial charge in [-0.15, -0.1) is 0 Å². The van der Waals surface area contributed by atoms with Crippen LogP contribution in [0.1, 0.15) is 20.8 Å². The van der Waals surface area contributed by atoms with Gasteiger partial charge in [-0.2, -0.15) is 22.0 Å². The van der Waals surface area contributed by atoms with Crippen molar-refractivity contribution in [3.63, 3.8) is 0 Å². The molecule has 0 saturated carbocycles. The minimum absolute atomic E-state index is 0.0380. The molecule has 0 fully saturated rings. The number of alkyl halides is 5. The van der Waals surface area contributed by atoms with E-state index in [2.05, 4.69) is 5.32 Å². The van der Waals surface area contributed by atoms with Crippen LogP contribution in [-0.2, 0) is 4.79 Å². The van der Waals surface area contributed by atoms with Gasteiger partial charge in [0.1, 0.15) is 0 Å². The van der Waals surface area contributed by atoms with E-state index in [1.54, 1.807) is 13.8 Å². The number of hydrogen-bond donors (Lipinski definition) is 1. The lowest BCUT2D eigenvalue weighted by Gasteiger charge is -2.17. The maximum Gasteiger partial charge on any atom is 0.461 e. The van der Waals surface area contributed by atoms with Gasteiger partial charge in [-0.3, -0.25) is 4.79 Å². The molecule has 0 aliphatic heterocycles. The van der Waals surface area contributed by atoms with Crippen molar-refractivity contribution in [2.75, 3.05) is 0 Å². The standard InChI is InChI=1S/C9H12F5NO/c1-5(2)15-6(3)4-7(16)8(10,11)9(12,13)14/h4-5,15H,1-3H3. The quantitative estimate of drug-likeness (QED) is 0.609. The van der Waals surface area contributed by atoms with Gasteiger partial charge in [-0.25, -0.2) is 0 Å². The molecule has 0 unspecified atom stereocenters. The van der Waals surface area contributed by atoms with Crippen LogP contribution in [0.15, 0.2) is 11.8 Å². The van der Waals surface area contributed by atoms with Gasteiger partial charge in [-0.1, -0.05) is 0 Å². The molecule has 94 valence electrons. The Morgan fingerprint density at radius 1 is 1.19 bits per heavy atom. The van der Waals surface area contributed by atoms with Crippen molar-refractivity contribution in [2.24, 2.45) is 0 Å². The van der Waals surface area contributed by atoms with Crippen LogP contribution < -0.4 is 5.32 Å². The maximum absolute atomic E-state index is 12.5. The summed E-state index contributed by atoms with van der Waals surface area (Å²) in [5.41, 5.74) is -0.0380. The predicted molar refractivity (Wildman–Crippen MR) is 48.0 cm³/mol. The Kier molecular flexibility index (Phi) is 4.45. The van der Waals surface area contributed by atoms with Crippen molar-refractivity contribution in [1.82, 2.24) is 5.32 Å². The number of ketones is 1. The van der Waals surface area contributed by atoms with Gasteiger partial charge >= 0.3 is 12.1 Å². The Hall–Kier alpha value is -1.14. The number of carbonyl (C=O) groups is 1. The Bertz CT molecular complexity index is 293. The van der Waals surface area contributed by atoms with E-state index in [4.69, 9.17) is 0 Å². The van der Waals surface area contributed by atoms with Gasteiger partial charge in [-0.05, 0) is 20.8 Å². The molecule has 0 spiro atoms. The topological polar surface area (TPSA) is 29.1 Å². The molecule has 16 heavy (non-hydrogen) atoms. The predicted octanol–water partition coefficient (Wildman–Crippen LogP) is 2.65. The summed E-state index contributed by atoms with van der Waals surface area (Å²) in [6.07, 6.45) is -5.60. The van der Waals surface area contributed by atoms with Gasteiger partial charge in [0.2, 0.25) is 5.78 Å². The third-order valence-corrected chi connectivity index (χ3v) is 1.53. The van der Waals surface area contributed by atoms with Gasteiger partial charge in [0.15, 0.2) is 0 Å². The number of halogens is 5. The summed E-state index contributed by atoms with van der Waals surface area (Å²) >= 11 is 0. The van der Waals surface area contributed by atoms with E-state index in [9.17, 15) is 26.7 Å². The Morgan fingerprint density at radius 3 is 1.94 bits per heavy atom. The molecule has 0 aliphatic carbocycles. The Morgan fingerprint density at radius 2 is 1.62 bits per heavy atom. The summed E-state index contributed by atoms with van der Waals surface area (Å²) in [5.74, 6) is -7.61. The number of hydrogen-bond acceptors (Lipinski definition) is 2. The van der Waals surface area contributed by atoms with E-state index >= 15 is 0 Å². The zero-order chi connectivity index (χ0) is 13.1. The first-order valence-corrected chi connectivity index (χ1v) is 4.42. The molecule has 0 aromatic heterocycles. The second-order valence-electron chi connectivity index (χ2n) is 3.56. The molecule has 0 aliphatic rings. The second kappa shape index (κ2) is 4.80. The van der Waals surface area contributed by atoms with Crippen molar-refractivity contribution < 1.29 is 26.7 Å². The zero-order valence-corrected chi connectivity index (χ0v) is 8.95. The molecule has 0 atom stereocenters. The van der Waals surface area contributed by atoms with Gasteiger partial charge < -0.3 is 5.32 Å². The van der Waals surface area contributed by atoms with Crippen LogP contribution in [0.3, 0.4) is 0 Å². The number of carbonyl (C=O) groups excluding carboxylic acids is 1. The fourth-order valence-electron chi connectivity index (χ4n) is 0.924. The summed E-state index contributed by atoms with van der Waals surface area (Å²) < 4.78 is 60.3. The normalized spacial score (nSPS) is 14.2. The molecule has 0 rings (SSSR count). The molecule has 0 bridgehead atoms. The molecular formula is C9H12F5NO. The van der Waals surface area contributed by atoms with Crippen LogP contribution in [-0.4, -0.2) is 23.9 Å². The lowest BCUT2D eigenvalue weighted by Crippen LogP contribution is -2.43. The van der Waals surface area contributed by atoms with Crippen LogP contribution in [0, 0.1) is 0 Å². The molecule has 0 saturated heterocycles. The molecule has 7 heteroatoms. The Balaban J connectivity index is 4.83. The molecule has 1 N–H and O–H groups in total. The van der Waals surface area contributed by atoms with Crippen molar-refractivity contribution in [3.05, 3.63) is 11.8 Å². The SMILES string of the molecule is CC(=CC(=O)C(F)(F)C(F)(F)F)NC(C)C. The summed E-state index contributed by atoms with van der Waals surface area (Å²) in [6, 6.07) is -0.163. The van der Waals surface area contributed by atoms with Crippen LogP contribution in [0.25, 0.3) is 0 Å². The van der Waals surface area contributed by atoms with Crippen molar-refractivity contribution in [3.8, 4) is 0 Å². The van der Waals surface area contributed by atoms with E-state index in [-0.39, 0.29) is 17.8 Å². The van der Waals surface area contributed by atoms with Crippen LogP contribution in [0.5, 0.6) is 0 Å². The Labute approximate surface area is 89.5 Å². The van der Waals surface area contributed by atoms with Crippen molar-refractivity contribution in [2.45, 2.75) is 38.9 Å². The highest BCUT2D eigenvalue weighted by molar-refractivity contribution is 5.96. The van der Waals surface area contributed by atoms with E-state index in [0.29, 0.717) is 0 Å². The van der Waals surface area contributed by atoms with E-state index in [1.165, 1.54) is 6.92 Å². The van der Waals surface area contributed by atoms with Crippen molar-refractivity contribution in [1.29, 1.82) is 0 Å². The van der Waals surface area contributed by atoms with E-state index < -0.39 is 17.9 Å². The monoisotopic (exact) mass is 245 g/mol. The molecule has 0 amide bonds. The molecule has 2 nitrogen and oxygen atoms in total. The first kappa shape index (κ1) is 14.9. The third-order valence-electron chi connectivity index (χ3n) is 1.53. The minimum atomic E-state index is -5.86. The largest absolute Gasteiger partial charge is 0.461 e. The average Bonchev–Trinajstić information content (AvgIpc) is 1.99. The summed E-state index contributed by atoms with van der Waals surface area (Å²) in [5, 5.41) is 2.54. The minimum Gasteiger partial charge on any atom is -0.386 e. The summed E-state index contributed by atoms with van der Waals surface area (Å²) in [4.78, 5) is 10.7. The van der Waals surface area contributed by atoms with Gasteiger partial charge in [0.05, 0.1) is 0 Å². The lowest BCUT2D eigenvalue weighted by molar-refractivity contribution is -0.266. The molecule has 0 aromatic rings. The highest BCUT2D eigenvalue weighted by atomic mass is 19.4.